The van der Waals surface area contributed by atoms with Crippen molar-refractivity contribution in [3.05, 3.63) is 34.3 Å². The van der Waals surface area contributed by atoms with Crippen LogP contribution in [0.1, 0.15) is 24.8 Å². The van der Waals surface area contributed by atoms with E-state index in [1.807, 2.05) is 0 Å². The van der Waals surface area contributed by atoms with Gasteiger partial charge in [-0.2, -0.15) is 0 Å². The number of rotatable bonds is 3. The minimum absolute atomic E-state index is 0.197. The smallest absolute Gasteiger partial charge is 0.252 e. The summed E-state index contributed by atoms with van der Waals surface area (Å²) in [4.78, 5) is 11.8. The number of halogens is 1. The number of nitrogens with one attached hydrogen (secondary N) is 2. The van der Waals surface area contributed by atoms with Crippen molar-refractivity contribution in [3.8, 4) is 0 Å². The van der Waals surface area contributed by atoms with Gasteiger partial charge in [0, 0.05) is 16.6 Å². The lowest BCUT2D eigenvalue weighted by molar-refractivity contribution is -0.202. The summed E-state index contributed by atoms with van der Waals surface area (Å²) in [7, 11) is 0. The molecule has 0 bridgehead atoms. The summed E-state index contributed by atoms with van der Waals surface area (Å²) in [5.74, 6) is -2.44. The molecular formula is C13H17BrN2O3. The molecule has 1 heterocycles. The van der Waals surface area contributed by atoms with Crippen molar-refractivity contribution in [1.29, 1.82) is 0 Å². The number of benzene rings is 1. The van der Waals surface area contributed by atoms with E-state index in [-0.39, 0.29) is 11.5 Å². The van der Waals surface area contributed by atoms with Crippen LogP contribution in [-0.2, 0) is 10.7 Å². The molecule has 0 unspecified atom stereocenters. The predicted molar refractivity (Wildman–Crippen MR) is 74.0 cm³/mol. The lowest BCUT2D eigenvalue weighted by Crippen LogP contribution is -2.53. The van der Waals surface area contributed by atoms with Crippen molar-refractivity contribution in [2.24, 2.45) is 0 Å². The number of carbonyl (C=O) groups is 1. The molecule has 1 fully saturated rings. The van der Waals surface area contributed by atoms with E-state index in [1.165, 1.54) is 0 Å². The zero-order valence-electron chi connectivity index (χ0n) is 10.4. The molecule has 6 heteroatoms. The Morgan fingerprint density at radius 3 is 2.79 bits per heavy atom. The van der Waals surface area contributed by atoms with Crippen LogP contribution in [0.5, 0.6) is 0 Å². The van der Waals surface area contributed by atoms with Gasteiger partial charge < -0.3 is 15.5 Å². The number of aliphatic hydroxyl groups is 2. The van der Waals surface area contributed by atoms with Gasteiger partial charge in [0.1, 0.15) is 0 Å². The summed E-state index contributed by atoms with van der Waals surface area (Å²) in [5.41, 5.74) is 0.284. The maximum atomic E-state index is 11.8. The molecule has 1 aliphatic heterocycles. The van der Waals surface area contributed by atoms with Crippen molar-refractivity contribution < 1.29 is 15.0 Å². The molecule has 0 spiro atoms. The summed E-state index contributed by atoms with van der Waals surface area (Å²) in [6.45, 7) is 0.635. The summed E-state index contributed by atoms with van der Waals surface area (Å²) in [6.07, 6.45) is 2.35. The SMILES string of the molecule is O=C1NCCCC[C@@H]1NC(O)(O)c1ccccc1Br. The fourth-order valence-electron chi connectivity index (χ4n) is 2.14. The monoisotopic (exact) mass is 328 g/mol. The van der Waals surface area contributed by atoms with Gasteiger partial charge in [-0.3, -0.25) is 10.1 Å². The van der Waals surface area contributed by atoms with Crippen LogP contribution < -0.4 is 10.6 Å². The van der Waals surface area contributed by atoms with Gasteiger partial charge in [0.15, 0.2) is 0 Å². The van der Waals surface area contributed by atoms with Gasteiger partial charge >= 0.3 is 0 Å². The second-order valence-electron chi connectivity index (χ2n) is 4.64. The van der Waals surface area contributed by atoms with Crippen LogP contribution in [0.3, 0.4) is 0 Å². The van der Waals surface area contributed by atoms with Gasteiger partial charge in [-0.15, -0.1) is 0 Å². The molecule has 1 atom stereocenters. The normalized spacial score (nSPS) is 20.8. The average molecular weight is 329 g/mol. The second kappa shape index (κ2) is 6.00. The van der Waals surface area contributed by atoms with Gasteiger partial charge in [0.05, 0.1) is 6.04 Å². The Morgan fingerprint density at radius 1 is 1.32 bits per heavy atom. The van der Waals surface area contributed by atoms with Crippen LogP contribution in [-0.4, -0.2) is 28.7 Å². The molecule has 1 aromatic rings. The summed E-state index contributed by atoms with van der Waals surface area (Å²) >= 11 is 3.27. The topological polar surface area (TPSA) is 81.6 Å². The number of carbonyl (C=O) groups excluding carboxylic acids is 1. The van der Waals surface area contributed by atoms with Crippen molar-refractivity contribution in [2.45, 2.75) is 31.2 Å². The molecule has 0 aromatic heterocycles. The average Bonchev–Trinajstić information content (AvgIpc) is 2.55. The molecule has 1 aliphatic rings. The van der Waals surface area contributed by atoms with Crippen molar-refractivity contribution >= 4 is 21.8 Å². The highest BCUT2D eigenvalue weighted by molar-refractivity contribution is 9.10. The molecule has 1 amide bonds. The van der Waals surface area contributed by atoms with Crippen molar-refractivity contribution in [2.75, 3.05) is 6.54 Å². The molecule has 2 rings (SSSR count). The Balaban J connectivity index is 2.16. The maximum Gasteiger partial charge on any atom is 0.252 e. The summed E-state index contributed by atoms with van der Waals surface area (Å²) in [6, 6.07) is 6.18. The molecule has 1 aromatic carbocycles. The van der Waals surface area contributed by atoms with Crippen LogP contribution in [0.2, 0.25) is 0 Å². The third-order valence-electron chi connectivity index (χ3n) is 3.16. The largest absolute Gasteiger partial charge is 0.355 e. The highest BCUT2D eigenvalue weighted by atomic mass is 79.9. The van der Waals surface area contributed by atoms with Crippen LogP contribution in [0.4, 0.5) is 0 Å². The van der Waals surface area contributed by atoms with E-state index in [4.69, 9.17) is 0 Å². The zero-order valence-corrected chi connectivity index (χ0v) is 12.0. The van der Waals surface area contributed by atoms with Crippen LogP contribution >= 0.6 is 15.9 Å². The quantitative estimate of drug-likeness (QED) is 0.619. The number of amides is 1. The molecule has 0 radical (unpaired) electrons. The molecule has 4 N–H and O–H groups in total. The van der Waals surface area contributed by atoms with Crippen molar-refractivity contribution in [1.82, 2.24) is 10.6 Å². The van der Waals surface area contributed by atoms with Gasteiger partial charge in [-0.25, -0.2) is 0 Å². The van der Waals surface area contributed by atoms with Crippen LogP contribution in [0.15, 0.2) is 28.7 Å². The molecule has 0 saturated carbocycles. The molecule has 0 aliphatic carbocycles. The van der Waals surface area contributed by atoms with Gasteiger partial charge in [-0.05, 0) is 25.3 Å². The lowest BCUT2D eigenvalue weighted by atomic mass is 10.1. The molecular weight excluding hydrogens is 312 g/mol. The zero-order chi connectivity index (χ0) is 13.9. The van der Waals surface area contributed by atoms with E-state index in [0.717, 1.165) is 12.8 Å². The number of hydrogen-bond donors (Lipinski definition) is 4. The van der Waals surface area contributed by atoms with Gasteiger partial charge in [0.2, 0.25) is 5.91 Å². The van der Waals surface area contributed by atoms with Crippen molar-refractivity contribution in [3.63, 3.8) is 0 Å². The first-order valence-corrected chi connectivity index (χ1v) is 7.05. The van der Waals surface area contributed by atoms with Crippen LogP contribution in [0.25, 0.3) is 0 Å². The molecule has 1 saturated heterocycles. The van der Waals surface area contributed by atoms with E-state index in [9.17, 15) is 15.0 Å². The Bertz CT molecular complexity index is 465. The standard InChI is InChI=1S/C13H17BrN2O3/c14-10-6-2-1-5-9(10)13(18,19)16-11-7-3-4-8-15-12(11)17/h1-2,5-6,11,16,18-19H,3-4,7-8H2,(H,15,17)/t11-/m0/s1. The summed E-state index contributed by atoms with van der Waals surface area (Å²) in [5, 5.41) is 25.7. The number of hydrogen-bond acceptors (Lipinski definition) is 4. The Kier molecular flexibility index (Phi) is 4.57. The minimum Gasteiger partial charge on any atom is -0.355 e. The minimum atomic E-state index is -2.24. The van der Waals surface area contributed by atoms with Crippen LogP contribution in [0, 0.1) is 0 Å². The fourth-order valence-corrected chi connectivity index (χ4v) is 2.70. The maximum absolute atomic E-state index is 11.8. The Hall–Kier alpha value is -0.950. The first-order chi connectivity index (χ1) is 9.00. The van der Waals surface area contributed by atoms with E-state index in [0.29, 0.717) is 17.4 Å². The lowest BCUT2D eigenvalue weighted by Gasteiger charge is -2.28. The first-order valence-electron chi connectivity index (χ1n) is 6.26. The molecule has 104 valence electrons. The Morgan fingerprint density at radius 2 is 2.05 bits per heavy atom. The highest BCUT2D eigenvalue weighted by Crippen LogP contribution is 2.25. The molecule has 5 nitrogen and oxygen atoms in total. The highest BCUT2D eigenvalue weighted by Gasteiger charge is 2.34. The fraction of sp³-hybridized carbons (Fsp3) is 0.462. The summed E-state index contributed by atoms with van der Waals surface area (Å²) < 4.78 is 0.571. The molecule has 19 heavy (non-hydrogen) atoms. The van der Waals surface area contributed by atoms with E-state index in [2.05, 4.69) is 26.6 Å². The second-order valence-corrected chi connectivity index (χ2v) is 5.49. The third-order valence-corrected chi connectivity index (χ3v) is 3.85. The van der Waals surface area contributed by atoms with Gasteiger partial charge in [-0.1, -0.05) is 34.1 Å². The van der Waals surface area contributed by atoms with E-state index in [1.54, 1.807) is 24.3 Å². The predicted octanol–water partition coefficient (Wildman–Crippen LogP) is 0.802. The first kappa shape index (κ1) is 14.5. The third kappa shape index (κ3) is 3.54. The Labute approximate surface area is 120 Å². The van der Waals surface area contributed by atoms with Gasteiger partial charge in [0.25, 0.3) is 5.91 Å². The van der Waals surface area contributed by atoms with E-state index < -0.39 is 12.0 Å². The van der Waals surface area contributed by atoms with E-state index >= 15 is 0 Å².